The molecule has 0 N–H and O–H groups in total. The lowest BCUT2D eigenvalue weighted by atomic mass is 10.0. The van der Waals surface area contributed by atoms with E-state index in [9.17, 15) is 13.2 Å². The fourth-order valence-corrected chi connectivity index (χ4v) is 5.85. The van der Waals surface area contributed by atoms with Crippen LogP contribution < -0.4 is 9.47 Å². The number of hydrogen-bond donors (Lipinski definition) is 0. The standard InChI is InChI=1S/C23H33N3O6S/c1-30-14-13-26(19-5-3-2-4-6-19)23(27)18-24-9-11-25(12-10-24)33(28,29)20-7-8-21-22(17-20)32-16-15-31-21/h5,7-8,17H,2-4,6,9-16,18H2,1H3. The van der Waals surface area contributed by atoms with Crippen LogP contribution in [0.5, 0.6) is 11.5 Å². The van der Waals surface area contributed by atoms with E-state index >= 15 is 0 Å². The molecule has 9 nitrogen and oxygen atoms in total. The minimum atomic E-state index is -3.64. The van der Waals surface area contributed by atoms with Crippen molar-refractivity contribution in [3.05, 3.63) is 30.0 Å². The van der Waals surface area contributed by atoms with Gasteiger partial charge < -0.3 is 19.1 Å². The van der Waals surface area contributed by atoms with Crippen molar-refractivity contribution in [1.82, 2.24) is 14.1 Å². The van der Waals surface area contributed by atoms with Crippen molar-refractivity contribution in [3.8, 4) is 11.5 Å². The third-order valence-corrected chi connectivity index (χ3v) is 8.17. The number of rotatable bonds is 8. The molecule has 1 aliphatic carbocycles. The molecule has 33 heavy (non-hydrogen) atoms. The highest BCUT2D eigenvalue weighted by Crippen LogP contribution is 2.33. The topological polar surface area (TPSA) is 88.6 Å². The van der Waals surface area contributed by atoms with Gasteiger partial charge in [-0.05, 0) is 37.8 Å². The number of piperazine rings is 1. The summed E-state index contributed by atoms with van der Waals surface area (Å²) in [7, 11) is -2.00. The molecule has 2 heterocycles. The van der Waals surface area contributed by atoms with Crippen molar-refractivity contribution >= 4 is 15.9 Å². The summed E-state index contributed by atoms with van der Waals surface area (Å²) in [6.07, 6.45) is 6.34. The number of methoxy groups -OCH3 is 1. The van der Waals surface area contributed by atoms with E-state index in [2.05, 4.69) is 6.08 Å². The fourth-order valence-electron chi connectivity index (χ4n) is 4.42. The van der Waals surface area contributed by atoms with Gasteiger partial charge in [-0.15, -0.1) is 0 Å². The number of sulfonamides is 1. The van der Waals surface area contributed by atoms with Crippen LogP contribution in [0.2, 0.25) is 0 Å². The predicted molar refractivity (Wildman–Crippen MR) is 123 cm³/mol. The summed E-state index contributed by atoms with van der Waals surface area (Å²) >= 11 is 0. The summed E-state index contributed by atoms with van der Waals surface area (Å²) in [5, 5.41) is 0. The second-order valence-corrected chi connectivity index (χ2v) is 10.4. The van der Waals surface area contributed by atoms with Gasteiger partial charge in [0, 0.05) is 51.6 Å². The number of ether oxygens (including phenoxy) is 3. The number of fused-ring (bicyclic) bond motifs is 1. The molecule has 0 radical (unpaired) electrons. The van der Waals surface area contributed by atoms with E-state index in [0.29, 0.717) is 64.0 Å². The number of allylic oxidation sites excluding steroid dienone is 2. The highest BCUT2D eigenvalue weighted by molar-refractivity contribution is 7.89. The van der Waals surface area contributed by atoms with E-state index in [0.717, 1.165) is 31.4 Å². The quantitative estimate of drug-likeness (QED) is 0.561. The van der Waals surface area contributed by atoms with Crippen LogP contribution in [0, 0.1) is 0 Å². The maximum Gasteiger partial charge on any atom is 0.243 e. The molecule has 2 aliphatic heterocycles. The lowest BCUT2D eigenvalue weighted by molar-refractivity contribution is -0.131. The van der Waals surface area contributed by atoms with Crippen molar-refractivity contribution < 1.29 is 27.4 Å². The van der Waals surface area contributed by atoms with Gasteiger partial charge in [-0.25, -0.2) is 8.42 Å². The van der Waals surface area contributed by atoms with Crippen LogP contribution in [-0.4, -0.2) is 94.6 Å². The Balaban J connectivity index is 1.36. The monoisotopic (exact) mass is 479 g/mol. The van der Waals surface area contributed by atoms with Gasteiger partial charge in [-0.2, -0.15) is 4.31 Å². The largest absolute Gasteiger partial charge is 0.486 e. The molecular weight excluding hydrogens is 446 g/mol. The Kier molecular flexibility index (Phi) is 7.90. The van der Waals surface area contributed by atoms with Crippen molar-refractivity contribution in [1.29, 1.82) is 0 Å². The summed E-state index contributed by atoms with van der Waals surface area (Å²) < 4.78 is 44.0. The molecule has 1 amide bonds. The number of carbonyl (C=O) groups is 1. The summed E-state index contributed by atoms with van der Waals surface area (Å²) in [4.78, 5) is 17.2. The van der Waals surface area contributed by atoms with E-state index in [1.165, 1.54) is 10.4 Å². The first-order chi connectivity index (χ1) is 16.0. The smallest absolute Gasteiger partial charge is 0.243 e. The molecule has 182 valence electrons. The molecule has 0 unspecified atom stereocenters. The second kappa shape index (κ2) is 10.9. The summed E-state index contributed by atoms with van der Waals surface area (Å²) in [6.45, 7) is 3.86. The molecule has 1 aromatic rings. The molecule has 3 aliphatic rings. The maximum atomic E-state index is 13.1. The Bertz CT molecular complexity index is 972. The Hall–Kier alpha value is -2.14. The van der Waals surface area contributed by atoms with Gasteiger partial charge in [0.2, 0.25) is 15.9 Å². The van der Waals surface area contributed by atoms with Crippen molar-refractivity contribution in [2.45, 2.75) is 30.6 Å². The fraction of sp³-hybridized carbons (Fsp3) is 0.609. The lowest BCUT2D eigenvalue weighted by Gasteiger charge is -2.35. The molecule has 0 aromatic heterocycles. The van der Waals surface area contributed by atoms with Crippen LogP contribution in [0.15, 0.2) is 34.9 Å². The van der Waals surface area contributed by atoms with Gasteiger partial charge in [0.25, 0.3) is 0 Å². The van der Waals surface area contributed by atoms with Gasteiger partial charge >= 0.3 is 0 Å². The lowest BCUT2D eigenvalue weighted by Crippen LogP contribution is -2.51. The zero-order valence-electron chi connectivity index (χ0n) is 19.2. The van der Waals surface area contributed by atoms with Gasteiger partial charge in [0.15, 0.2) is 11.5 Å². The number of amides is 1. The van der Waals surface area contributed by atoms with Crippen LogP contribution in [0.25, 0.3) is 0 Å². The Morgan fingerprint density at radius 3 is 2.55 bits per heavy atom. The van der Waals surface area contributed by atoms with Gasteiger partial charge in [0.1, 0.15) is 13.2 Å². The van der Waals surface area contributed by atoms with Crippen LogP contribution >= 0.6 is 0 Å². The number of carbonyl (C=O) groups excluding carboxylic acids is 1. The van der Waals surface area contributed by atoms with Crippen molar-refractivity contribution in [2.75, 3.05) is 66.2 Å². The zero-order chi connectivity index (χ0) is 23.3. The summed E-state index contributed by atoms with van der Waals surface area (Å²) in [6, 6.07) is 4.74. The average Bonchev–Trinajstić information content (AvgIpc) is 2.85. The molecule has 0 bridgehead atoms. The molecule has 4 rings (SSSR count). The minimum absolute atomic E-state index is 0.0448. The van der Waals surface area contributed by atoms with E-state index in [1.54, 1.807) is 19.2 Å². The third-order valence-electron chi connectivity index (χ3n) is 6.28. The first kappa shape index (κ1) is 24.0. The van der Waals surface area contributed by atoms with Crippen LogP contribution in [-0.2, 0) is 19.6 Å². The summed E-state index contributed by atoms with van der Waals surface area (Å²) in [5.41, 5.74) is 1.09. The van der Waals surface area contributed by atoms with Gasteiger partial charge in [-0.3, -0.25) is 9.69 Å². The molecule has 1 aromatic carbocycles. The Morgan fingerprint density at radius 2 is 1.85 bits per heavy atom. The predicted octanol–water partition coefficient (Wildman–Crippen LogP) is 1.70. The van der Waals surface area contributed by atoms with E-state index in [4.69, 9.17) is 14.2 Å². The van der Waals surface area contributed by atoms with Crippen LogP contribution in [0.3, 0.4) is 0 Å². The summed E-state index contributed by atoms with van der Waals surface area (Å²) in [5.74, 6) is 1.07. The van der Waals surface area contributed by atoms with Gasteiger partial charge in [-0.1, -0.05) is 6.08 Å². The number of hydrogen-bond acceptors (Lipinski definition) is 7. The normalized spacial score (nSPS) is 19.7. The van der Waals surface area contributed by atoms with E-state index in [1.807, 2.05) is 9.80 Å². The maximum absolute atomic E-state index is 13.1. The Labute approximate surface area is 195 Å². The SMILES string of the molecule is COCCN(C(=O)CN1CCN(S(=O)(=O)c2ccc3c(c2)OCCO3)CC1)C1=CCCCC1. The molecule has 0 spiro atoms. The first-order valence-electron chi connectivity index (χ1n) is 11.6. The highest BCUT2D eigenvalue weighted by atomic mass is 32.2. The molecular formula is C23H33N3O6S. The molecule has 0 saturated carbocycles. The van der Waals surface area contributed by atoms with Crippen molar-refractivity contribution in [2.24, 2.45) is 0 Å². The molecule has 1 fully saturated rings. The minimum Gasteiger partial charge on any atom is -0.486 e. The van der Waals surface area contributed by atoms with Crippen molar-refractivity contribution in [3.63, 3.8) is 0 Å². The molecule has 10 heteroatoms. The number of nitrogens with zero attached hydrogens (tertiary/aromatic N) is 3. The highest BCUT2D eigenvalue weighted by Gasteiger charge is 2.31. The third kappa shape index (κ3) is 5.68. The van der Waals surface area contributed by atoms with Crippen LogP contribution in [0.4, 0.5) is 0 Å². The molecule has 0 atom stereocenters. The zero-order valence-corrected chi connectivity index (χ0v) is 20.0. The average molecular weight is 480 g/mol. The first-order valence-corrected chi connectivity index (χ1v) is 13.0. The van der Waals surface area contributed by atoms with Crippen LogP contribution in [0.1, 0.15) is 25.7 Å². The molecule has 1 saturated heterocycles. The van der Waals surface area contributed by atoms with E-state index in [-0.39, 0.29) is 17.3 Å². The Morgan fingerprint density at radius 1 is 1.09 bits per heavy atom. The number of benzene rings is 1. The van der Waals surface area contributed by atoms with Gasteiger partial charge in [0.05, 0.1) is 18.0 Å². The van der Waals surface area contributed by atoms with E-state index < -0.39 is 10.0 Å². The second-order valence-electron chi connectivity index (χ2n) is 8.47.